The van der Waals surface area contributed by atoms with Crippen LogP contribution in [0.15, 0.2) is 437 Å². The fourth-order valence-electron chi connectivity index (χ4n) is 17.4. The summed E-state index contributed by atoms with van der Waals surface area (Å²) in [6.07, 6.45) is 0. The molecular weight excluding hydrogens is 2410 g/mol. The Morgan fingerprint density at radius 3 is 0.755 bits per heavy atom. The van der Waals surface area contributed by atoms with Crippen LogP contribution in [-0.4, -0.2) is 59.1 Å². The van der Waals surface area contributed by atoms with E-state index >= 15 is 0 Å². The molecule has 0 aliphatic carbocycles. The molecule has 4 aromatic heterocycles. The number of rotatable bonds is 20. The van der Waals surface area contributed by atoms with Crippen molar-refractivity contribution >= 4 is 0 Å². The Kier molecular flexibility index (Phi) is 34.3. The standard InChI is InChI=1S/C32H22N3.C32H30N3.C30H26N3.C29H24N3.4Ir/c1-4-14-24(15-5-1)27-20-10-11-22-29(27)32-34-33-31(26-18-8-3-9-19-26)35(32)30-23-13-12-21-28(30)25-16-6-2-7-17-25;1-22(2)26-20-13-21-27(23(3)4)30(26)35-31(25-16-9-6-10-17-25)33-34-32(35)29-19-12-11-18-28(29)24-14-7-5-8-15-24;1-30(2,3)24-18-20-25(21-19-24)33-28(23-14-8-5-9-15-23)31-32-29(33)27-17-11-10-16-26(27)22-12-6-4-7-13-22;1-21(2)24-17-11-12-20-27(24)32-28(23-15-7-4-8-16-23)30-31-29(32)26-19-10-9-18-25(26)22-13-5-3-6-14-22;;;;/h1-18,20-23H;5-16,18-23H,1-4H3;4-14,16-21H,1-3H3;3-15,17-21H,1-2H3;;;;/q4*-1;;;;. The van der Waals surface area contributed by atoms with Crippen molar-refractivity contribution in [3.05, 3.63) is 483 Å². The number of nitrogens with zero attached hydrogens (tertiary/aromatic N) is 12. The fourth-order valence-corrected chi connectivity index (χ4v) is 17.4. The van der Waals surface area contributed by atoms with E-state index in [1.54, 1.807) is 0 Å². The van der Waals surface area contributed by atoms with Crippen LogP contribution in [0.4, 0.5) is 0 Å². The van der Waals surface area contributed by atoms with Crippen molar-refractivity contribution in [2.45, 2.75) is 85.5 Å². The molecule has 21 rings (SSSR count). The smallest absolute Gasteiger partial charge is 0.160 e. The van der Waals surface area contributed by atoms with Gasteiger partial charge < -0.3 is 18.3 Å². The molecule has 0 atom stereocenters. The molecule has 0 aliphatic rings. The first-order valence-electron chi connectivity index (χ1n) is 46.0. The zero-order valence-corrected chi connectivity index (χ0v) is 88.1. The Bertz CT molecular complexity index is 7490. The van der Waals surface area contributed by atoms with Crippen LogP contribution in [0.1, 0.15) is 102 Å². The first kappa shape index (κ1) is 101. The zero-order valence-electron chi connectivity index (χ0n) is 78.5. The van der Waals surface area contributed by atoms with Crippen molar-refractivity contribution in [1.82, 2.24) is 59.1 Å². The van der Waals surface area contributed by atoms with Crippen LogP contribution in [0.25, 0.3) is 169 Å². The van der Waals surface area contributed by atoms with E-state index in [4.69, 9.17) is 25.5 Å². The van der Waals surface area contributed by atoms with E-state index in [0.29, 0.717) is 17.8 Å². The summed E-state index contributed by atoms with van der Waals surface area (Å²) in [6, 6.07) is 163. The summed E-state index contributed by atoms with van der Waals surface area (Å²) >= 11 is 0. The second-order valence-electron chi connectivity index (χ2n) is 35.0. The molecule has 0 saturated carbocycles. The van der Waals surface area contributed by atoms with Crippen LogP contribution in [0, 0.1) is 24.3 Å². The predicted octanol–water partition coefficient (Wildman–Crippen LogP) is 30.6. The normalized spacial score (nSPS) is 10.9. The number of benzene rings is 17. The molecule has 17 aromatic carbocycles. The Morgan fingerprint density at radius 2 is 0.439 bits per heavy atom. The molecule has 0 bridgehead atoms. The molecule has 0 N–H and O–H groups in total. The van der Waals surface area contributed by atoms with Gasteiger partial charge in [0.1, 0.15) is 0 Å². The van der Waals surface area contributed by atoms with Crippen molar-refractivity contribution in [3.8, 4) is 169 Å². The van der Waals surface area contributed by atoms with Gasteiger partial charge in [0, 0.05) is 131 Å². The van der Waals surface area contributed by atoms with Gasteiger partial charge in [-0.25, -0.2) is 0 Å². The summed E-state index contributed by atoms with van der Waals surface area (Å²) < 4.78 is 8.75. The minimum atomic E-state index is 0. The number of para-hydroxylation sites is 3. The maximum Gasteiger partial charge on any atom is 0.160 e. The minimum absolute atomic E-state index is 0. The molecular formula is C123H102Ir4N12-4. The summed E-state index contributed by atoms with van der Waals surface area (Å²) in [5, 5.41) is 37.7. The van der Waals surface area contributed by atoms with Crippen LogP contribution in [0.2, 0.25) is 0 Å². The molecule has 139 heavy (non-hydrogen) atoms. The third-order valence-electron chi connectivity index (χ3n) is 24.1. The van der Waals surface area contributed by atoms with Crippen LogP contribution >= 0.6 is 0 Å². The monoisotopic (exact) mass is 2520 g/mol. The second kappa shape index (κ2) is 47.3. The van der Waals surface area contributed by atoms with Gasteiger partial charge in [-0.2, -0.15) is 20.4 Å². The summed E-state index contributed by atoms with van der Waals surface area (Å²) in [4.78, 5) is 0. The van der Waals surface area contributed by atoms with E-state index in [2.05, 4.69) is 436 Å². The van der Waals surface area contributed by atoms with Crippen LogP contribution < -0.4 is 0 Å². The third-order valence-corrected chi connectivity index (χ3v) is 24.1. The Morgan fingerprint density at radius 1 is 0.201 bits per heavy atom. The predicted molar refractivity (Wildman–Crippen MR) is 552 cm³/mol. The summed E-state index contributed by atoms with van der Waals surface area (Å²) in [5.74, 6) is 7.44. The van der Waals surface area contributed by atoms with Gasteiger partial charge in [0.25, 0.3) is 0 Å². The minimum Gasteiger partial charge on any atom is -0.316 e. The Labute approximate surface area is 870 Å². The van der Waals surface area contributed by atoms with Gasteiger partial charge in [0.15, 0.2) is 23.3 Å². The molecule has 0 unspecified atom stereocenters. The quantitative estimate of drug-likeness (QED) is 0.0692. The molecule has 0 amide bonds. The molecule has 16 heteroatoms. The molecule has 0 saturated heterocycles. The van der Waals surface area contributed by atoms with Crippen molar-refractivity contribution in [1.29, 1.82) is 0 Å². The van der Waals surface area contributed by atoms with Crippen molar-refractivity contribution in [2.75, 3.05) is 0 Å². The largest absolute Gasteiger partial charge is 0.316 e. The average Bonchev–Trinajstić information content (AvgIpc) is 1.65. The van der Waals surface area contributed by atoms with E-state index < -0.39 is 0 Å². The summed E-state index contributed by atoms with van der Waals surface area (Å²) in [5.41, 5.74) is 28.7. The molecule has 21 aromatic rings. The van der Waals surface area contributed by atoms with Crippen molar-refractivity contribution in [2.24, 2.45) is 0 Å². The SMILES string of the molecule is CC(C)(C)c1ccc(-n2c(-c3[c-]cccc3)nnc2-c2ccccc2-c2ccccc2)cc1.CC(C)c1cccc(C(C)C)c1-n1c(-c2[c-]cccc2)nnc1-c1ccccc1-c1ccccc1.CC(C)c1ccccc1-n1c(-c2[c-]cccc2)nnc1-c1ccccc1-c1ccccc1.[Ir].[Ir].[Ir].[Ir].[c-]1ccccc1-c1nnc(-c2ccccc2-c2ccccc2)n1-c1ccccc1-c1ccccc1. The molecule has 4 heterocycles. The van der Waals surface area contributed by atoms with E-state index in [1.807, 2.05) is 121 Å². The number of hydrogen-bond acceptors (Lipinski definition) is 8. The van der Waals surface area contributed by atoms with Gasteiger partial charge >= 0.3 is 0 Å². The summed E-state index contributed by atoms with van der Waals surface area (Å²) in [6.45, 7) is 20.1. The molecule has 12 nitrogen and oxygen atoms in total. The second-order valence-corrected chi connectivity index (χ2v) is 35.0. The fraction of sp³-hybridized carbons (Fsp3) is 0.106. The first-order chi connectivity index (χ1) is 66.2. The van der Waals surface area contributed by atoms with E-state index in [-0.39, 0.29) is 85.8 Å². The molecule has 4 radical (unpaired) electrons. The Balaban J connectivity index is 0.000000146. The van der Waals surface area contributed by atoms with Gasteiger partial charge in [-0.05, 0) is 120 Å². The summed E-state index contributed by atoms with van der Waals surface area (Å²) in [7, 11) is 0. The van der Waals surface area contributed by atoms with Crippen molar-refractivity contribution in [3.63, 3.8) is 0 Å². The molecule has 0 spiro atoms. The van der Waals surface area contributed by atoms with Gasteiger partial charge in [-0.3, -0.25) is 0 Å². The third kappa shape index (κ3) is 22.5. The zero-order chi connectivity index (χ0) is 92.6. The van der Waals surface area contributed by atoms with Gasteiger partial charge in [0.05, 0.1) is 23.3 Å². The van der Waals surface area contributed by atoms with Crippen LogP contribution in [-0.2, 0) is 85.8 Å². The van der Waals surface area contributed by atoms with E-state index in [1.165, 1.54) is 27.9 Å². The molecule has 0 aliphatic heterocycles. The maximum absolute atomic E-state index is 4.82. The van der Waals surface area contributed by atoms with Crippen LogP contribution in [0.5, 0.6) is 0 Å². The maximum atomic E-state index is 4.82. The average molecular weight is 2520 g/mol. The van der Waals surface area contributed by atoms with Gasteiger partial charge in [-0.15, -0.1) is 164 Å². The van der Waals surface area contributed by atoms with Gasteiger partial charge in [-0.1, -0.05) is 378 Å². The number of hydrogen-bond donors (Lipinski definition) is 0. The van der Waals surface area contributed by atoms with E-state index in [9.17, 15) is 0 Å². The molecule has 694 valence electrons. The van der Waals surface area contributed by atoms with Gasteiger partial charge in [0.2, 0.25) is 0 Å². The van der Waals surface area contributed by atoms with Crippen LogP contribution in [0.3, 0.4) is 0 Å². The topological polar surface area (TPSA) is 123 Å². The first-order valence-corrected chi connectivity index (χ1v) is 46.0. The van der Waals surface area contributed by atoms with E-state index in [0.717, 1.165) is 164 Å². The Hall–Kier alpha value is -14.1. The number of aromatic nitrogens is 12. The molecule has 0 fully saturated rings. The van der Waals surface area contributed by atoms with Crippen molar-refractivity contribution < 1.29 is 80.4 Å².